The SMILES string of the molecule is COC1[CH-]C[C@H](COP(=O)(O)OC)[C@@H]1OP(C)(=O)O.[W]. The second-order valence-corrected chi connectivity index (χ2v) is 7.63. The second-order valence-electron chi connectivity index (χ2n) is 4.25. The molecular weight excluding hydrogens is 482 g/mol. The maximum absolute atomic E-state index is 11.3. The zero-order valence-electron chi connectivity index (χ0n) is 11.4. The Kier molecular flexibility index (Phi) is 8.90. The van der Waals surface area contributed by atoms with Crippen LogP contribution in [0.5, 0.6) is 0 Å². The summed E-state index contributed by atoms with van der Waals surface area (Å²) >= 11 is 0. The van der Waals surface area contributed by atoms with Crippen molar-refractivity contribution in [3.8, 4) is 0 Å². The van der Waals surface area contributed by atoms with Gasteiger partial charge in [-0.2, -0.15) is 6.42 Å². The van der Waals surface area contributed by atoms with E-state index in [2.05, 4.69) is 4.52 Å². The standard InChI is InChI=1S/C9H19O8P2.W/c1-14-8-5-4-7(6-16-19(12,13)15-2)9(8)17-18(3,10)11;/h5,7-9H,4,6H2,1-3H3,(H,10,11)(H,12,13);/q-1;/t7-,8?,9+;/m1./s1. The van der Waals surface area contributed by atoms with E-state index in [1.807, 2.05) is 0 Å². The van der Waals surface area contributed by atoms with E-state index in [1.165, 1.54) is 7.11 Å². The summed E-state index contributed by atoms with van der Waals surface area (Å²) in [4.78, 5) is 18.4. The zero-order chi connectivity index (χ0) is 14.7. The average Bonchev–Trinajstić information content (AvgIpc) is 2.67. The average molecular weight is 501 g/mol. The van der Waals surface area contributed by atoms with E-state index in [0.29, 0.717) is 6.42 Å². The molecule has 5 atom stereocenters. The summed E-state index contributed by atoms with van der Waals surface area (Å²) in [6.07, 6.45) is 1.08. The van der Waals surface area contributed by atoms with Gasteiger partial charge in [-0.25, -0.2) is 4.57 Å². The zero-order valence-corrected chi connectivity index (χ0v) is 16.1. The molecule has 0 heterocycles. The van der Waals surface area contributed by atoms with Crippen LogP contribution in [0.1, 0.15) is 6.42 Å². The first-order valence-corrected chi connectivity index (χ1v) is 9.08. The molecule has 8 nitrogen and oxygen atoms in total. The Morgan fingerprint density at radius 3 is 2.35 bits per heavy atom. The van der Waals surface area contributed by atoms with Crippen LogP contribution in [-0.2, 0) is 48.5 Å². The van der Waals surface area contributed by atoms with Gasteiger partial charge >= 0.3 is 15.4 Å². The minimum Gasteiger partial charge on any atom is -0.411 e. The summed E-state index contributed by atoms with van der Waals surface area (Å²) in [6, 6.07) is 0. The maximum Gasteiger partial charge on any atom is 0.471 e. The molecule has 0 bridgehead atoms. The van der Waals surface area contributed by atoms with Crippen LogP contribution in [0.4, 0.5) is 0 Å². The summed E-state index contributed by atoms with van der Waals surface area (Å²) in [5.41, 5.74) is 0. The molecule has 2 N–H and O–H groups in total. The van der Waals surface area contributed by atoms with Crippen molar-refractivity contribution in [3.05, 3.63) is 6.42 Å². The topological polar surface area (TPSA) is 112 Å². The van der Waals surface area contributed by atoms with Gasteiger partial charge in [-0.1, -0.05) is 0 Å². The van der Waals surface area contributed by atoms with Crippen molar-refractivity contribution >= 4 is 15.4 Å². The molecular formula is C9H19O8P2W-. The first-order chi connectivity index (χ1) is 8.68. The van der Waals surface area contributed by atoms with Crippen LogP contribution in [0.2, 0.25) is 0 Å². The van der Waals surface area contributed by atoms with Crippen LogP contribution in [0.3, 0.4) is 0 Å². The number of hydrogen-bond donors (Lipinski definition) is 2. The fourth-order valence-corrected chi connectivity index (χ4v) is 3.08. The summed E-state index contributed by atoms with van der Waals surface area (Å²) in [6.45, 7) is 0.935. The fourth-order valence-electron chi connectivity index (χ4n) is 1.85. The second kappa shape index (κ2) is 8.52. The van der Waals surface area contributed by atoms with Crippen molar-refractivity contribution < 1.29 is 58.3 Å². The predicted molar refractivity (Wildman–Crippen MR) is 66.6 cm³/mol. The number of hydrogen-bond acceptors (Lipinski definition) is 6. The van der Waals surface area contributed by atoms with E-state index in [-0.39, 0.29) is 33.6 Å². The van der Waals surface area contributed by atoms with Crippen LogP contribution in [0, 0.1) is 12.3 Å². The van der Waals surface area contributed by atoms with Gasteiger partial charge in [0.15, 0.2) is 0 Å². The molecule has 1 aliphatic rings. The van der Waals surface area contributed by atoms with Crippen LogP contribution >= 0.6 is 15.4 Å². The van der Waals surface area contributed by atoms with Crippen molar-refractivity contribution in [2.24, 2.45) is 5.92 Å². The molecule has 11 heteroatoms. The fraction of sp³-hybridized carbons (Fsp3) is 0.889. The minimum atomic E-state index is -4.07. The summed E-state index contributed by atoms with van der Waals surface area (Å²) in [5.74, 6) is -0.360. The molecule has 0 saturated heterocycles. The summed E-state index contributed by atoms with van der Waals surface area (Å²) in [5, 5.41) is 0. The third-order valence-electron chi connectivity index (χ3n) is 2.73. The van der Waals surface area contributed by atoms with Crippen molar-refractivity contribution in [2.75, 3.05) is 27.5 Å². The van der Waals surface area contributed by atoms with Crippen LogP contribution < -0.4 is 0 Å². The molecule has 0 aliphatic heterocycles. The number of rotatable bonds is 7. The van der Waals surface area contributed by atoms with Gasteiger partial charge in [-0.3, -0.25) is 20.0 Å². The van der Waals surface area contributed by atoms with E-state index in [1.54, 1.807) is 6.42 Å². The quantitative estimate of drug-likeness (QED) is 0.396. The van der Waals surface area contributed by atoms with Crippen LogP contribution in [-0.4, -0.2) is 49.5 Å². The molecule has 0 aromatic heterocycles. The van der Waals surface area contributed by atoms with Gasteiger partial charge in [0, 0.05) is 41.9 Å². The van der Waals surface area contributed by atoms with Gasteiger partial charge in [0.2, 0.25) is 0 Å². The predicted octanol–water partition coefficient (Wildman–Crippen LogP) is 1.19. The molecule has 1 saturated carbocycles. The molecule has 1 aliphatic carbocycles. The van der Waals surface area contributed by atoms with Gasteiger partial charge in [-0.05, 0) is 12.0 Å². The van der Waals surface area contributed by atoms with Crippen LogP contribution in [0.25, 0.3) is 0 Å². The minimum absolute atomic E-state index is 0. The normalized spacial score (nSPS) is 32.1. The molecule has 3 unspecified atom stereocenters. The molecule has 0 amide bonds. The number of phosphoric acid groups is 1. The molecule has 20 heavy (non-hydrogen) atoms. The Balaban J connectivity index is 0.00000361. The van der Waals surface area contributed by atoms with E-state index >= 15 is 0 Å². The van der Waals surface area contributed by atoms with Crippen molar-refractivity contribution in [1.82, 2.24) is 0 Å². The van der Waals surface area contributed by atoms with Crippen molar-refractivity contribution in [3.63, 3.8) is 0 Å². The number of methoxy groups -OCH3 is 1. The number of phosphoric ester groups is 1. The third kappa shape index (κ3) is 6.78. The molecule has 1 fully saturated rings. The van der Waals surface area contributed by atoms with Gasteiger partial charge in [0.05, 0.1) is 12.7 Å². The smallest absolute Gasteiger partial charge is 0.411 e. The van der Waals surface area contributed by atoms with Gasteiger partial charge in [0.1, 0.15) is 0 Å². The summed E-state index contributed by atoms with van der Waals surface area (Å²) < 4.78 is 41.8. The first kappa shape index (κ1) is 20.9. The van der Waals surface area contributed by atoms with E-state index in [9.17, 15) is 14.0 Å². The Labute approximate surface area is 132 Å². The van der Waals surface area contributed by atoms with E-state index in [4.69, 9.17) is 18.7 Å². The molecule has 1 rings (SSSR count). The van der Waals surface area contributed by atoms with Gasteiger partial charge in [-0.15, -0.1) is 0 Å². The Hall–Kier alpha value is 0.908. The summed E-state index contributed by atoms with van der Waals surface area (Å²) in [7, 11) is -5.26. The van der Waals surface area contributed by atoms with Gasteiger partial charge < -0.3 is 19.0 Å². The first-order valence-electron chi connectivity index (χ1n) is 5.56. The molecule has 0 aromatic rings. The molecule has 120 valence electrons. The van der Waals surface area contributed by atoms with Crippen LogP contribution in [0.15, 0.2) is 0 Å². The molecule has 0 aromatic carbocycles. The van der Waals surface area contributed by atoms with E-state index in [0.717, 1.165) is 13.8 Å². The largest absolute Gasteiger partial charge is 0.471 e. The third-order valence-corrected chi connectivity index (χ3v) is 4.30. The number of ether oxygens (including phenoxy) is 1. The Morgan fingerprint density at radius 1 is 1.30 bits per heavy atom. The Morgan fingerprint density at radius 2 is 1.90 bits per heavy atom. The van der Waals surface area contributed by atoms with Crippen molar-refractivity contribution in [2.45, 2.75) is 18.6 Å². The van der Waals surface area contributed by atoms with Crippen molar-refractivity contribution in [1.29, 1.82) is 0 Å². The van der Waals surface area contributed by atoms with E-state index < -0.39 is 27.6 Å². The van der Waals surface area contributed by atoms with Gasteiger partial charge in [0.25, 0.3) is 0 Å². The molecule has 0 radical (unpaired) electrons. The molecule has 0 spiro atoms. The Bertz CT molecular complexity index is 386. The monoisotopic (exact) mass is 501 g/mol. The maximum atomic E-state index is 11.3.